The number of unbranched alkanes of at least 4 members (excludes halogenated alkanes) is 41. The zero-order chi connectivity index (χ0) is 55.7. The third-order valence-corrected chi connectivity index (χ3v) is 15.0. The van der Waals surface area contributed by atoms with Gasteiger partial charge in [-0.25, -0.2) is 0 Å². The Labute approximate surface area is 479 Å². The molecule has 0 rings (SSSR count). The summed E-state index contributed by atoms with van der Waals surface area (Å²) >= 11 is 0. The van der Waals surface area contributed by atoms with Crippen LogP contribution in [0.3, 0.4) is 0 Å². The number of allylic oxidation sites excluding steroid dienone is 10. The van der Waals surface area contributed by atoms with Crippen molar-refractivity contribution in [3.63, 3.8) is 0 Å². The first kappa shape index (κ1) is 74.1. The number of ether oxygens (including phenoxy) is 3. The zero-order valence-electron chi connectivity index (χ0n) is 51.5. The molecule has 0 aromatic heterocycles. The first-order valence-corrected chi connectivity index (χ1v) is 33.8. The number of esters is 3. The number of hydrogen-bond donors (Lipinski definition) is 0. The molecular formula is C71H128O6. The molecule has 0 saturated heterocycles. The summed E-state index contributed by atoms with van der Waals surface area (Å²) in [5.41, 5.74) is 0. The molecule has 0 radical (unpaired) electrons. The van der Waals surface area contributed by atoms with Gasteiger partial charge in [-0.05, 0) is 83.5 Å². The molecule has 1 atom stereocenters. The molecule has 0 bridgehead atoms. The molecule has 0 aliphatic carbocycles. The lowest BCUT2D eigenvalue weighted by Gasteiger charge is -2.18. The van der Waals surface area contributed by atoms with E-state index in [1.807, 2.05) is 0 Å². The van der Waals surface area contributed by atoms with Crippen LogP contribution >= 0.6 is 0 Å². The average molecular weight is 1080 g/mol. The van der Waals surface area contributed by atoms with Gasteiger partial charge in [0.2, 0.25) is 0 Å². The standard InChI is InChI=1S/C71H128O6/c1-4-7-10-13-16-19-22-25-27-28-29-30-31-32-33-34-35-36-37-38-39-40-41-42-44-46-49-52-55-58-61-64-70(73)76-67-68(66-75-69(72)63-60-57-54-51-48-45-24-21-18-15-12-9-6-3)77-71(74)65-62-59-56-53-50-47-43-26-23-20-17-14-11-8-5-2/h12,15,21-22,24-25,28-29,31-32,68H,4-11,13-14,16-20,23,26-27,30,33-67H2,1-3H3/b15-12-,24-21-,25-22-,29-28-,32-31-. The van der Waals surface area contributed by atoms with Gasteiger partial charge in [0.25, 0.3) is 0 Å². The molecule has 0 N–H and O–H groups in total. The molecule has 77 heavy (non-hydrogen) atoms. The van der Waals surface area contributed by atoms with E-state index < -0.39 is 6.10 Å². The van der Waals surface area contributed by atoms with Crippen LogP contribution < -0.4 is 0 Å². The van der Waals surface area contributed by atoms with Gasteiger partial charge in [0.1, 0.15) is 13.2 Å². The predicted molar refractivity (Wildman–Crippen MR) is 335 cm³/mol. The van der Waals surface area contributed by atoms with Gasteiger partial charge in [0.05, 0.1) is 0 Å². The lowest BCUT2D eigenvalue weighted by atomic mass is 10.0. The molecule has 0 spiro atoms. The second kappa shape index (κ2) is 65.6. The van der Waals surface area contributed by atoms with E-state index in [2.05, 4.69) is 81.5 Å². The van der Waals surface area contributed by atoms with E-state index in [1.165, 1.54) is 218 Å². The molecule has 0 heterocycles. The van der Waals surface area contributed by atoms with Crippen LogP contribution in [0.15, 0.2) is 60.8 Å². The fourth-order valence-corrected chi connectivity index (χ4v) is 9.90. The van der Waals surface area contributed by atoms with Crippen LogP contribution in [-0.2, 0) is 28.6 Å². The van der Waals surface area contributed by atoms with E-state index in [-0.39, 0.29) is 31.1 Å². The van der Waals surface area contributed by atoms with Gasteiger partial charge in [-0.3, -0.25) is 14.4 Å². The minimum absolute atomic E-state index is 0.0744. The van der Waals surface area contributed by atoms with Gasteiger partial charge in [-0.1, -0.05) is 313 Å². The second-order valence-electron chi connectivity index (χ2n) is 22.7. The van der Waals surface area contributed by atoms with E-state index in [9.17, 15) is 14.4 Å². The maximum absolute atomic E-state index is 12.9. The Kier molecular flexibility index (Phi) is 63.2. The molecule has 0 aliphatic heterocycles. The Hall–Kier alpha value is -2.89. The van der Waals surface area contributed by atoms with Crippen molar-refractivity contribution < 1.29 is 28.6 Å². The Balaban J connectivity index is 4.16. The van der Waals surface area contributed by atoms with Crippen LogP contribution in [-0.4, -0.2) is 37.2 Å². The first-order valence-electron chi connectivity index (χ1n) is 33.8. The van der Waals surface area contributed by atoms with Crippen molar-refractivity contribution in [2.24, 2.45) is 0 Å². The van der Waals surface area contributed by atoms with Gasteiger partial charge < -0.3 is 14.2 Å². The SMILES string of the molecule is CCC/C=C\C/C=C\CCCCCCCC(=O)OCC(COC(=O)CCCCCCCCCCCCCCCCCC/C=C\C/C=C\C/C=C\CCCCCCC)OC(=O)CCCCCCCCCCCCCCCCC. The highest BCUT2D eigenvalue weighted by atomic mass is 16.6. The molecular weight excluding hydrogens is 949 g/mol. The minimum atomic E-state index is -0.777. The number of rotatable bonds is 62. The fourth-order valence-electron chi connectivity index (χ4n) is 9.90. The summed E-state index contributed by atoms with van der Waals surface area (Å²) in [7, 11) is 0. The zero-order valence-corrected chi connectivity index (χ0v) is 51.5. The Bertz CT molecular complexity index is 1380. The summed E-state index contributed by atoms with van der Waals surface area (Å²) in [5, 5.41) is 0. The van der Waals surface area contributed by atoms with Gasteiger partial charge >= 0.3 is 17.9 Å². The highest BCUT2D eigenvalue weighted by Crippen LogP contribution is 2.18. The quantitative estimate of drug-likeness (QED) is 0.0261. The molecule has 1 unspecified atom stereocenters. The summed E-state index contributed by atoms with van der Waals surface area (Å²) in [6, 6.07) is 0. The van der Waals surface area contributed by atoms with E-state index in [1.54, 1.807) is 0 Å². The van der Waals surface area contributed by atoms with E-state index in [4.69, 9.17) is 14.2 Å². The monoisotopic (exact) mass is 1080 g/mol. The molecule has 0 amide bonds. The highest BCUT2D eigenvalue weighted by molar-refractivity contribution is 5.71. The second-order valence-corrected chi connectivity index (χ2v) is 22.7. The van der Waals surface area contributed by atoms with Crippen molar-refractivity contribution in [3.05, 3.63) is 60.8 Å². The van der Waals surface area contributed by atoms with E-state index >= 15 is 0 Å². The van der Waals surface area contributed by atoms with Gasteiger partial charge in [0.15, 0.2) is 6.10 Å². The molecule has 0 aromatic rings. The number of carbonyl (C=O) groups excluding carboxylic acids is 3. The Morgan fingerprint density at radius 1 is 0.260 bits per heavy atom. The van der Waals surface area contributed by atoms with Crippen molar-refractivity contribution in [2.75, 3.05) is 13.2 Å². The van der Waals surface area contributed by atoms with Crippen molar-refractivity contribution in [1.29, 1.82) is 0 Å². The molecule has 0 saturated carbocycles. The predicted octanol–water partition coefficient (Wildman–Crippen LogP) is 23.1. The third-order valence-electron chi connectivity index (χ3n) is 15.0. The lowest BCUT2D eigenvalue weighted by molar-refractivity contribution is -0.167. The fraction of sp³-hybridized carbons (Fsp3) is 0.817. The van der Waals surface area contributed by atoms with Crippen molar-refractivity contribution in [2.45, 2.75) is 361 Å². The largest absolute Gasteiger partial charge is 0.462 e. The van der Waals surface area contributed by atoms with Crippen molar-refractivity contribution >= 4 is 17.9 Å². The number of hydrogen-bond acceptors (Lipinski definition) is 6. The van der Waals surface area contributed by atoms with Gasteiger partial charge in [-0.15, -0.1) is 0 Å². The van der Waals surface area contributed by atoms with Crippen LogP contribution in [0.4, 0.5) is 0 Å². The summed E-state index contributed by atoms with van der Waals surface area (Å²) in [5.74, 6) is -0.869. The summed E-state index contributed by atoms with van der Waals surface area (Å²) in [6.07, 6.45) is 83.9. The molecule has 0 aromatic carbocycles. The minimum Gasteiger partial charge on any atom is -0.462 e. The maximum Gasteiger partial charge on any atom is 0.306 e. The molecule has 0 fully saturated rings. The molecule has 0 aliphatic rings. The van der Waals surface area contributed by atoms with Crippen LogP contribution in [0.5, 0.6) is 0 Å². The molecule has 6 nitrogen and oxygen atoms in total. The number of carbonyl (C=O) groups is 3. The van der Waals surface area contributed by atoms with Crippen LogP contribution in [0.25, 0.3) is 0 Å². The maximum atomic E-state index is 12.9. The third kappa shape index (κ3) is 63.8. The topological polar surface area (TPSA) is 78.9 Å². The van der Waals surface area contributed by atoms with Crippen LogP contribution in [0, 0.1) is 0 Å². The van der Waals surface area contributed by atoms with Gasteiger partial charge in [0, 0.05) is 19.3 Å². The molecule has 6 heteroatoms. The summed E-state index contributed by atoms with van der Waals surface area (Å²) in [6.45, 7) is 6.60. The Morgan fingerprint density at radius 2 is 0.494 bits per heavy atom. The normalized spacial score (nSPS) is 12.4. The lowest BCUT2D eigenvalue weighted by Crippen LogP contribution is -2.30. The van der Waals surface area contributed by atoms with E-state index in [0.717, 1.165) is 96.3 Å². The van der Waals surface area contributed by atoms with Gasteiger partial charge in [-0.2, -0.15) is 0 Å². The van der Waals surface area contributed by atoms with Crippen LogP contribution in [0.2, 0.25) is 0 Å². The van der Waals surface area contributed by atoms with E-state index in [0.29, 0.717) is 19.3 Å². The van der Waals surface area contributed by atoms with Crippen molar-refractivity contribution in [3.8, 4) is 0 Å². The van der Waals surface area contributed by atoms with Crippen LogP contribution in [0.1, 0.15) is 355 Å². The first-order chi connectivity index (χ1) is 38.0. The average Bonchev–Trinajstić information content (AvgIpc) is 3.43. The Morgan fingerprint density at radius 3 is 0.779 bits per heavy atom. The smallest absolute Gasteiger partial charge is 0.306 e. The van der Waals surface area contributed by atoms with Crippen molar-refractivity contribution in [1.82, 2.24) is 0 Å². The molecule has 448 valence electrons. The summed E-state index contributed by atoms with van der Waals surface area (Å²) in [4.78, 5) is 38.3. The summed E-state index contributed by atoms with van der Waals surface area (Å²) < 4.78 is 16.9. The highest BCUT2D eigenvalue weighted by Gasteiger charge is 2.19.